The summed E-state index contributed by atoms with van der Waals surface area (Å²) in [7, 11) is 0. The van der Waals surface area contributed by atoms with E-state index in [0.717, 1.165) is 28.3 Å². The summed E-state index contributed by atoms with van der Waals surface area (Å²) < 4.78 is 10.8. The SMILES string of the molecule is Cc1ccc(NC(=S)NC(=NCc2ccc3c(c2)OCO3)Nc2nc(C)cc(C)n2)c(Cl)c1. The van der Waals surface area contributed by atoms with Gasteiger partial charge >= 0.3 is 0 Å². The largest absolute Gasteiger partial charge is 0.454 e. The summed E-state index contributed by atoms with van der Waals surface area (Å²) in [6.07, 6.45) is 0. The molecule has 1 aliphatic heterocycles. The lowest BCUT2D eigenvalue weighted by Crippen LogP contribution is -2.39. The maximum Gasteiger partial charge on any atom is 0.231 e. The quantitative estimate of drug-likeness (QED) is 0.279. The smallest absolute Gasteiger partial charge is 0.231 e. The van der Waals surface area contributed by atoms with Gasteiger partial charge in [0.15, 0.2) is 16.6 Å². The third kappa shape index (κ3) is 6.09. The number of guanidine groups is 1. The molecule has 0 aliphatic carbocycles. The van der Waals surface area contributed by atoms with Crippen LogP contribution in [0.4, 0.5) is 11.6 Å². The number of nitrogens with zero attached hydrogens (tertiary/aromatic N) is 3. The highest BCUT2D eigenvalue weighted by Gasteiger charge is 2.14. The second-order valence-corrected chi connectivity index (χ2v) is 8.33. The molecule has 3 aromatic rings. The fourth-order valence-corrected chi connectivity index (χ4v) is 3.68. The van der Waals surface area contributed by atoms with Crippen LogP contribution in [0.1, 0.15) is 22.5 Å². The normalized spacial score (nSPS) is 12.4. The van der Waals surface area contributed by atoms with Crippen LogP contribution in [0.3, 0.4) is 0 Å². The molecule has 0 saturated carbocycles. The van der Waals surface area contributed by atoms with Crippen LogP contribution < -0.4 is 25.4 Å². The number of hydrogen-bond donors (Lipinski definition) is 3. The zero-order chi connectivity index (χ0) is 23.4. The molecule has 1 aliphatic rings. The van der Waals surface area contributed by atoms with E-state index in [1.807, 2.05) is 63.2 Å². The maximum absolute atomic E-state index is 6.32. The first kappa shape index (κ1) is 22.8. The molecule has 33 heavy (non-hydrogen) atoms. The molecule has 2 aromatic carbocycles. The van der Waals surface area contributed by atoms with Crippen molar-refractivity contribution in [1.82, 2.24) is 15.3 Å². The Bertz CT molecular complexity index is 1210. The van der Waals surface area contributed by atoms with E-state index in [1.165, 1.54) is 0 Å². The van der Waals surface area contributed by atoms with Gasteiger partial charge in [0.1, 0.15) is 0 Å². The number of aryl methyl sites for hydroxylation is 3. The van der Waals surface area contributed by atoms with Gasteiger partial charge in [-0.1, -0.05) is 23.7 Å². The predicted molar refractivity (Wildman–Crippen MR) is 134 cm³/mol. The van der Waals surface area contributed by atoms with Crippen LogP contribution >= 0.6 is 23.8 Å². The lowest BCUT2D eigenvalue weighted by molar-refractivity contribution is 0.174. The Balaban J connectivity index is 1.53. The third-order valence-corrected chi connectivity index (χ3v) is 5.19. The average molecular weight is 483 g/mol. The van der Waals surface area contributed by atoms with Crippen LogP contribution in [0, 0.1) is 20.8 Å². The molecule has 4 rings (SSSR count). The lowest BCUT2D eigenvalue weighted by atomic mass is 10.2. The molecular weight excluding hydrogens is 460 g/mol. The van der Waals surface area contributed by atoms with Crippen molar-refractivity contribution in [3.63, 3.8) is 0 Å². The van der Waals surface area contributed by atoms with E-state index in [2.05, 4.69) is 30.9 Å². The average Bonchev–Trinajstić information content (AvgIpc) is 3.21. The topological polar surface area (TPSA) is 92.7 Å². The Hall–Kier alpha value is -3.43. The highest BCUT2D eigenvalue weighted by atomic mass is 35.5. The van der Waals surface area contributed by atoms with Crippen molar-refractivity contribution in [2.45, 2.75) is 27.3 Å². The molecule has 0 saturated heterocycles. The number of halogens is 1. The Morgan fingerprint density at radius 1 is 1.00 bits per heavy atom. The molecule has 8 nitrogen and oxygen atoms in total. The van der Waals surface area contributed by atoms with Crippen molar-refractivity contribution in [2.75, 3.05) is 17.4 Å². The number of ether oxygens (including phenoxy) is 2. The van der Waals surface area contributed by atoms with Gasteiger partial charge < -0.3 is 20.1 Å². The molecule has 0 amide bonds. The van der Waals surface area contributed by atoms with Crippen LogP contribution in [0.2, 0.25) is 5.02 Å². The van der Waals surface area contributed by atoms with Crippen LogP contribution in [0.5, 0.6) is 11.5 Å². The number of thiocarbonyl (C=S) groups is 1. The molecule has 0 atom stereocenters. The Labute approximate surface area is 202 Å². The van der Waals surface area contributed by atoms with Crippen molar-refractivity contribution < 1.29 is 9.47 Å². The van der Waals surface area contributed by atoms with E-state index in [1.54, 1.807) is 0 Å². The molecule has 170 valence electrons. The summed E-state index contributed by atoms with van der Waals surface area (Å²) in [5.41, 5.74) is 4.38. The Morgan fingerprint density at radius 2 is 1.76 bits per heavy atom. The van der Waals surface area contributed by atoms with E-state index in [9.17, 15) is 0 Å². The first-order chi connectivity index (χ1) is 15.9. The van der Waals surface area contributed by atoms with E-state index >= 15 is 0 Å². The molecule has 0 fully saturated rings. The maximum atomic E-state index is 6.32. The summed E-state index contributed by atoms with van der Waals surface area (Å²) in [5.74, 6) is 2.23. The van der Waals surface area contributed by atoms with Crippen LogP contribution in [-0.4, -0.2) is 27.8 Å². The number of nitrogens with one attached hydrogen (secondary N) is 3. The van der Waals surface area contributed by atoms with Gasteiger partial charge in [0.2, 0.25) is 18.7 Å². The van der Waals surface area contributed by atoms with Gasteiger partial charge in [-0.15, -0.1) is 0 Å². The lowest BCUT2D eigenvalue weighted by Gasteiger charge is -2.15. The Kier molecular flexibility index (Phi) is 6.90. The summed E-state index contributed by atoms with van der Waals surface area (Å²) in [5, 5.41) is 10.2. The van der Waals surface area contributed by atoms with E-state index < -0.39 is 0 Å². The second-order valence-electron chi connectivity index (χ2n) is 7.51. The minimum Gasteiger partial charge on any atom is -0.454 e. The van der Waals surface area contributed by atoms with Gasteiger partial charge in [0, 0.05) is 11.4 Å². The zero-order valence-corrected chi connectivity index (χ0v) is 20.0. The second kappa shape index (κ2) is 10.0. The number of fused-ring (bicyclic) bond motifs is 1. The van der Waals surface area contributed by atoms with Gasteiger partial charge in [-0.05, 0) is 74.4 Å². The van der Waals surface area contributed by atoms with Crippen molar-refractivity contribution in [2.24, 2.45) is 4.99 Å². The molecule has 3 N–H and O–H groups in total. The minimum atomic E-state index is 0.224. The number of rotatable bonds is 4. The molecule has 10 heteroatoms. The number of benzene rings is 2. The molecule has 0 radical (unpaired) electrons. The summed E-state index contributed by atoms with van der Waals surface area (Å²) in [6.45, 7) is 6.37. The first-order valence-corrected chi connectivity index (χ1v) is 11.0. The molecular formula is C23H23ClN6O2S. The number of aliphatic imine (C=N–C) groups is 1. The number of anilines is 2. The zero-order valence-electron chi connectivity index (χ0n) is 18.4. The highest BCUT2D eigenvalue weighted by Crippen LogP contribution is 2.32. The van der Waals surface area contributed by atoms with Crippen molar-refractivity contribution >= 4 is 46.5 Å². The molecule has 2 heterocycles. The van der Waals surface area contributed by atoms with E-state index in [0.29, 0.717) is 40.0 Å². The summed E-state index contributed by atoms with van der Waals surface area (Å²) in [4.78, 5) is 13.5. The van der Waals surface area contributed by atoms with Crippen LogP contribution in [-0.2, 0) is 6.54 Å². The third-order valence-electron chi connectivity index (χ3n) is 4.67. The number of aromatic nitrogens is 2. The highest BCUT2D eigenvalue weighted by molar-refractivity contribution is 7.80. The summed E-state index contributed by atoms with van der Waals surface area (Å²) >= 11 is 11.8. The molecule has 1 aromatic heterocycles. The molecule has 0 spiro atoms. The molecule has 0 bridgehead atoms. The van der Waals surface area contributed by atoms with Crippen molar-refractivity contribution in [3.8, 4) is 11.5 Å². The fraction of sp³-hybridized carbons (Fsp3) is 0.217. The Morgan fingerprint density at radius 3 is 2.52 bits per heavy atom. The van der Waals surface area contributed by atoms with Crippen LogP contribution in [0.15, 0.2) is 47.5 Å². The van der Waals surface area contributed by atoms with Gasteiger partial charge in [-0.3, -0.25) is 5.32 Å². The number of hydrogen-bond acceptors (Lipinski definition) is 6. The predicted octanol–water partition coefficient (Wildman–Crippen LogP) is 4.74. The fourth-order valence-electron chi connectivity index (χ4n) is 3.19. The first-order valence-electron chi connectivity index (χ1n) is 10.2. The van der Waals surface area contributed by atoms with Crippen molar-refractivity contribution in [1.29, 1.82) is 0 Å². The monoisotopic (exact) mass is 482 g/mol. The summed E-state index contributed by atoms with van der Waals surface area (Å²) in [6, 6.07) is 13.3. The standard InChI is InChI=1S/C23H23ClN6O2S/c1-13-4-6-18(17(24)8-13)28-23(33)30-21(29-22-26-14(2)9-15(3)27-22)25-11-16-5-7-19-20(10-16)32-12-31-19/h4-10H,11-12H2,1-3H3,(H3,25,26,27,28,29,30,33). The van der Waals surface area contributed by atoms with Crippen LogP contribution in [0.25, 0.3) is 0 Å². The van der Waals surface area contributed by atoms with Gasteiger partial charge in [-0.2, -0.15) is 0 Å². The molecule has 0 unspecified atom stereocenters. The van der Waals surface area contributed by atoms with E-state index in [4.69, 9.17) is 33.3 Å². The van der Waals surface area contributed by atoms with Crippen molar-refractivity contribution in [3.05, 3.63) is 70.0 Å². The van der Waals surface area contributed by atoms with Gasteiger partial charge in [0.25, 0.3) is 0 Å². The minimum absolute atomic E-state index is 0.224. The van der Waals surface area contributed by atoms with E-state index in [-0.39, 0.29) is 6.79 Å². The van der Waals surface area contributed by atoms with Gasteiger partial charge in [0.05, 0.1) is 17.3 Å². The van der Waals surface area contributed by atoms with Gasteiger partial charge in [-0.25, -0.2) is 15.0 Å².